The predicted octanol–water partition coefficient (Wildman–Crippen LogP) is 2.97. The number of anilines is 2. The standard InChI is InChI=1S/C19H23N3O4S/c1-13(23)20-15-8-6-9-16(12-15)21-18(24)14-7-5-10-17(11-14)27(25,26)22-19(2,3)4/h5-12,22H,1-4H3,(H,20,23)(H,21,24). The molecule has 0 spiro atoms. The van der Waals surface area contributed by atoms with Crippen LogP contribution in [0.1, 0.15) is 38.1 Å². The third-order valence-corrected chi connectivity index (χ3v) is 5.04. The topological polar surface area (TPSA) is 104 Å². The van der Waals surface area contributed by atoms with Crippen LogP contribution in [0.15, 0.2) is 53.4 Å². The minimum atomic E-state index is -3.74. The van der Waals surface area contributed by atoms with Crippen molar-refractivity contribution in [2.24, 2.45) is 0 Å². The summed E-state index contributed by atoms with van der Waals surface area (Å²) >= 11 is 0. The van der Waals surface area contributed by atoms with E-state index < -0.39 is 21.5 Å². The van der Waals surface area contributed by atoms with Gasteiger partial charge in [-0.05, 0) is 57.2 Å². The minimum absolute atomic E-state index is 0.0112. The summed E-state index contributed by atoms with van der Waals surface area (Å²) in [6, 6.07) is 12.5. The van der Waals surface area contributed by atoms with Gasteiger partial charge in [0.1, 0.15) is 0 Å². The fourth-order valence-electron chi connectivity index (χ4n) is 2.35. The average molecular weight is 389 g/mol. The number of carbonyl (C=O) groups is 2. The van der Waals surface area contributed by atoms with Gasteiger partial charge in [0.25, 0.3) is 5.91 Å². The zero-order chi connectivity index (χ0) is 20.2. The normalized spacial score (nSPS) is 11.7. The summed E-state index contributed by atoms with van der Waals surface area (Å²) in [5, 5.41) is 5.32. The number of hydrogen-bond acceptors (Lipinski definition) is 4. The number of benzene rings is 2. The molecule has 0 aromatic heterocycles. The summed E-state index contributed by atoms with van der Waals surface area (Å²) in [7, 11) is -3.74. The summed E-state index contributed by atoms with van der Waals surface area (Å²) in [5.74, 6) is -0.675. The summed E-state index contributed by atoms with van der Waals surface area (Å²) in [6.45, 7) is 6.61. The highest BCUT2D eigenvalue weighted by Crippen LogP contribution is 2.18. The molecule has 0 aliphatic carbocycles. The minimum Gasteiger partial charge on any atom is -0.326 e. The van der Waals surface area contributed by atoms with Crippen molar-refractivity contribution in [1.29, 1.82) is 0 Å². The van der Waals surface area contributed by atoms with Gasteiger partial charge in [0.05, 0.1) is 4.90 Å². The molecule has 0 heterocycles. The molecule has 0 saturated carbocycles. The highest BCUT2D eigenvalue weighted by molar-refractivity contribution is 7.89. The first-order valence-electron chi connectivity index (χ1n) is 8.29. The smallest absolute Gasteiger partial charge is 0.255 e. The Morgan fingerprint density at radius 1 is 0.889 bits per heavy atom. The van der Waals surface area contributed by atoms with Crippen molar-refractivity contribution in [3.8, 4) is 0 Å². The van der Waals surface area contributed by atoms with Crippen LogP contribution < -0.4 is 15.4 Å². The molecule has 0 radical (unpaired) electrons. The second kappa shape index (κ2) is 7.89. The Hall–Kier alpha value is -2.71. The summed E-state index contributed by atoms with van der Waals surface area (Å²) in [6.07, 6.45) is 0. The van der Waals surface area contributed by atoms with Crippen LogP contribution in [0.2, 0.25) is 0 Å². The fraction of sp³-hybridized carbons (Fsp3) is 0.263. The van der Waals surface area contributed by atoms with Crippen LogP contribution in [-0.4, -0.2) is 25.8 Å². The van der Waals surface area contributed by atoms with Crippen molar-refractivity contribution in [3.63, 3.8) is 0 Å². The SMILES string of the molecule is CC(=O)Nc1cccc(NC(=O)c2cccc(S(=O)(=O)NC(C)(C)C)c2)c1. The van der Waals surface area contributed by atoms with E-state index in [4.69, 9.17) is 0 Å². The number of rotatable bonds is 5. The Morgan fingerprint density at radius 3 is 2.07 bits per heavy atom. The van der Waals surface area contributed by atoms with Crippen molar-refractivity contribution in [2.75, 3.05) is 10.6 Å². The molecule has 0 aliphatic rings. The maximum atomic E-state index is 12.5. The first-order chi connectivity index (χ1) is 12.5. The highest BCUT2D eigenvalue weighted by atomic mass is 32.2. The zero-order valence-corrected chi connectivity index (χ0v) is 16.5. The van der Waals surface area contributed by atoms with Gasteiger partial charge in [0.2, 0.25) is 15.9 Å². The number of nitrogens with one attached hydrogen (secondary N) is 3. The average Bonchev–Trinajstić information content (AvgIpc) is 2.52. The van der Waals surface area contributed by atoms with Crippen LogP contribution in [0.25, 0.3) is 0 Å². The Kier molecular flexibility index (Phi) is 6.02. The van der Waals surface area contributed by atoms with Crippen LogP contribution in [0.5, 0.6) is 0 Å². The number of amides is 2. The molecule has 8 heteroatoms. The van der Waals surface area contributed by atoms with E-state index >= 15 is 0 Å². The molecule has 2 aromatic carbocycles. The van der Waals surface area contributed by atoms with Gasteiger partial charge in [-0.2, -0.15) is 0 Å². The van der Waals surface area contributed by atoms with Gasteiger partial charge < -0.3 is 10.6 Å². The first kappa shape index (κ1) is 20.6. The molecule has 0 fully saturated rings. The van der Waals surface area contributed by atoms with E-state index in [-0.39, 0.29) is 16.4 Å². The van der Waals surface area contributed by atoms with Crippen molar-refractivity contribution in [1.82, 2.24) is 4.72 Å². The molecule has 0 aliphatic heterocycles. The molecule has 144 valence electrons. The van der Waals surface area contributed by atoms with Crippen LogP contribution in [0.4, 0.5) is 11.4 Å². The summed E-state index contributed by atoms with van der Waals surface area (Å²) in [4.78, 5) is 23.6. The largest absolute Gasteiger partial charge is 0.326 e. The monoisotopic (exact) mass is 389 g/mol. The lowest BCUT2D eigenvalue weighted by molar-refractivity contribution is -0.114. The van der Waals surface area contributed by atoms with Gasteiger partial charge in [-0.1, -0.05) is 12.1 Å². The van der Waals surface area contributed by atoms with Gasteiger partial charge in [-0.15, -0.1) is 0 Å². The van der Waals surface area contributed by atoms with Crippen molar-refractivity contribution < 1.29 is 18.0 Å². The molecule has 0 unspecified atom stereocenters. The van der Waals surface area contributed by atoms with Crippen LogP contribution >= 0.6 is 0 Å². The first-order valence-corrected chi connectivity index (χ1v) is 9.78. The van der Waals surface area contributed by atoms with Crippen molar-refractivity contribution >= 4 is 33.2 Å². The molecule has 3 N–H and O–H groups in total. The van der Waals surface area contributed by atoms with Crippen molar-refractivity contribution in [2.45, 2.75) is 38.1 Å². The Morgan fingerprint density at radius 2 is 1.48 bits per heavy atom. The van der Waals surface area contributed by atoms with Gasteiger partial charge in [0, 0.05) is 29.4 Å². The third-order valence-electron chi connectivity index (χ3n) is 3.29. The van der Waals surface area contributed by atoms with E-state index in [9.17, 15) is 18.0 Å². The third kappa shape index (κ3) is 6.19. The molecule has 0 atom stereocenters. The quantitative estimate of drug-likeness (QED) is 0.731. The molecule has 2 rings (SSSR count). The maximum absolute atomic E-state index is 12.5. The molecule has 27 heavy (non-hydrogen) atoms. The van der Waals surface area contributed by atoms with Gasteiger partial charge in [-0.3, -0.25) is 9.59 Å². The summed E-state index contributed by atoms with van der Waals surface area (Å²) < 4.78 is 27.4. The number of sulfonamides is 1. The van der Waals surface area contributed by atoms with Crippen LogP contribution in [0.3, 0.4) is 0 Å². The Balaban J connectivity index is 2.22. The summed E-state index contributed by atoms with van der Waals surface area (Å²) in [5.41, 5.74) is 0.594. The lowest BCUT2D eigenvalue weighted by Crippen LogP contribution is -2.40. The van der Waals surface area contributed by atoms with Crippen LogP contribution in [-0.2, 0) is 14.8 Å². The second-order valence-corrected chi connectivity index (χ2v) is 8.78. The molecule has 7 nitrogen and oxygen atoms in total. The number of carbonyl (C=O) groups excluding carboxylic acids is 2. The number of hydrogen-bond donors (Lipinski definition) is 3. The van der Waals surface area contributed by atoms with Crippen LogP contribution in [0, 0.1) is 0 Å². The van der Waals surface area contributed by atoms with E-state index in [1.54, 1.807) is 45.0 Å². The lowest BCUT2D eigenvalue weighted by atomic mass is 10.1. The lowest BCUT2D eigenvalue weighted by Gasteiger charge is -2.20. The zero-order valence-electron chi connectivity index (χ0n) is 15.7. The van der Waals surface area contributed by atoms with Gasteiger partial charge in [0.15, 0.2) is 0 Å². The van der Waals surface area contributed by atoms with Gasteiger partial charge >= 0.3 is 0 Å². The predicted molar refractivity (Wildman–Crippen MR) is 105 cm³/mol. The molecule has 2 amide bonds. The fourth-order valence-corrected chi connectivity index (χ4v) is 3.81. The van der Waals surface area contributed by atoms with E-state index in [1.807, 2.05) is 0 Å². The van der Waals surface area contributed by atoms with E-state index in [1.165, 1.54) is 31.2 Å². The Bertz CT molecular complexity index is 963. The highest BCUT2D eigenvalue weighted by Gasteiger charge is 2.22. The second-order valence-electron chi connectivity index (χ2n) is 7.10. The van der Waals surface area contributed by atoms with E-state index in [0.717, 1.165) is 0 Å². The molecule has 0 bridgehead atoms. The molecule has 2 aromatic rings. The molecular weight excluding hydrogens is 366 g/mol. The Labute approximate surface area is 159 Å². The van der Waals surface area contributed by atoms with Gasteiger partial charge in [-0.25, -0.2) is 13.1 Å². The van der Waals surface area contributed by atoms with Crippen molar-refractivity contribution in [3.05, 3.63) is 54.1 Å². The maximum Gasteiger partial charge on any atom is 0.255 e. The molecule has 0 saturated heterocycles. The molecular formula is C19H23N3O4S. The van der Waals surface area contributed by atoms with E-state index in [0.29, 0.717) is 11.4 Å². The van der Waals surface area contributed by atoms with E-state index in [2.05, 4.69) is 15.4 Å².